The number of methoxy groups -OCH3 is 1. The van der Waals surface area contributed by atoms with Gasteiger partial charge in [-0.25, -0.2) is 9.78 Å². The summed E-state index contributed by atoms with van der Waals surface area (Å²) >= 11 is 1.43. The average Bonchev–Trinajstić information content (AvgIpc) is 3.14. The van der Waals surface area contributed by atoms with Gasteiger partial charge in [0.25, 0.3) is 0 Å². The van der Waals surface area contributed by atoms with Crippen LogP contribution in [-0.2, 0) is 18.5 Å². The number of hydrogen-bond donors (Lipinski definition) is 1. The van der Waals surface area contributed by atoms with Gasteiger partial charge in [0, 0.05) is 23.9 Å². The molecular weight excluding hydrogens is 312 g/mol. The first-order valence-electron chi connectivity index (χ1n) is 7.67. The van der Waals surface area contributed by atoms with Gasteiger partial charge in [-0.1, -0.05) is 6.07 Å². The Morgan fingerprint density at radius 1 is 1.48 bits per heavy atom. The number of nitrogens with zero attached hydrogens (tertiary/aromatic N) is 2. The van der Waals surface area contributed by atoms with Crippen molar-refractivity contribution < 1.29 is 14.6 Å². The van der Waals surface area contributed by atoms with Crippen molar-refractivity contribution in [2.45, 2.75) is 31.3 Å². The summed E-state index contributed by atoms with van der Waals surface area (Å²) in [7, 11) is 1.71. The zero-order valence-corrected chi connectivity index (χ0v) is 13.7. The van der Waals surface area contributed by atoms with Crippen molar-refractivity contribution in [2.75, 3.05) is 13.7 Å². The summed E-state index contributed by atoms with van der Waals surface area (Å²) < 4.78 is 5.37. The fourth-order valence-corrected chi connectivity index (χ4v) is 4.30. The van der Waals surface area contributed by atoms with Gasteiger partial charge in [0.05, 0.1) is 13.7 Å². The van der Waals surface area contributed by atoms with Crippen LogP contribution >= 0.6 is 11.3 Å². The quantitative estimate of drug-likeness (QED) is 0.934. The van der Waals surface area contributed by atoms with Gasteiger partial charge in [-0.15, -0.1) is 11.3 Å². The molecule has 6 heteroatoms. The molecule has 120 valence electrons. The first-order valence-corrected chi connectivity index (χ1v) is 8.55. The van der Waals surface area contributed by atoms with E-state index in [1.807, 2.05) is 6.07 Å². The van der Waals surface area contributed by atoms with Gasteiger partial charge < -0.3 is 9.84 Å². The number of rotatable bonds is 4. The summed E-state index contributed by atoms with van der Waals surface area (Å²) in [5, 5.41) is 11.5. The van der Waals surface area contributed by atoms with Crippen LogP contribution in [0.1, 0.15) is 39.5 Å². The fraction of sp³-hybridized carbons (Fsp3) is 0.412. The predicted octanol–water partition coefficient (Wildman–Crippen LogP) is 2.90. The Balaban J connectivity index is 1.57. The molecule has 1 fully saturated rings. The number of aromatic nitrogens is 1. The number of carboxylic acid groups (broad SMARTS) is 1. The summed E-state index contributed by atoms with van der Waals surface area (Å²) in [4.78, 5) is 17.6. The van der Waals surface area contributed by atoms with Crippen LogP contribution in [0.15, 0.2) is 23.6 Å². The summed E-state index contributed by atoms with van der Waals surface area (Å²) in [5.74, 6) is -0.0308. The standard InChI is InChI=1S/C17H18N2O3S/c1-22-12-3-2-11-7-19(10-17(4-5-17)13(11)6-12)8-15-18-14(9-23-15)16(20)21/h2-3,6,9H,4-5,7-8,10H2,1H3,(H,20,21). The van der Waals surface area contributed by atoms with Gasteiger partial charge in [-0.2, -0.15) is 0 Å². The van der Waals surface area contributed by atoms with E-state index in [9.17, 15) is 4.79 Å². The molecule has 4 rings (SSSR count). The van der Waals surface area contributed by atoms with Gasteiger partial charge in [0.2, 0.25) is 0 Å². The fourth-order valence-electron chi connectivity index (χ4n) is 3.49. The second-order valence-electron chi connectivity index (χ2n) is 6.38. The third-order valence-electron chi connectivity index (χ3n) is 4.79. The van der Waals surface area contributed by atoms with Crippen LogP contribution in [0.25, 0.3) is 0 Å². The van der Waals surface area contributed by atoms with Crippen LogP contribution < -0.4 is 4.74 Å². The molecule has 1 aromatic heterocycles. The lowest BCUT2D eigenvalue weighted by Crippen LogP contribution is -2.37. The SMILES string of the molecule is COc1ccc2c(c1)C1(CC1)CN(Cc1nc(C(=O)O)cs1)C2. The molecule has 1 aliphatic carbocycles. The van der Waals surface area contributed by atoms with Crippen molar-refractivity contribution in [3.8, 4) is 5.75 Å². The van der Waals surface area contributed by atoms with Gasteiger partial charge in [0.1, 0.15) is 10.8 Å². The number of ether oxygens (including phenoxy) is 1. The molecule has 0 unspecified atom stereocenters. The summed E-state index contributed by atoms with van der Waals surface area (Å²) in [6.45, 7) is 2.60. The van der Waals surface area contributed by atoms with Crippen LogP contribution in [0.3, 0.4) is 0 Å². The van der Waals surface area contributed by atoms with Crippen molar-refractivity contribution in [2.24, 2.45) is 0 Å². The molecule has 23 heavy (non-hydrogen) atoms. The first-order chi connectivity index (χ1) is 11.1. The second-order valence-corrected chi connectivity index (χ2v) is 7.32. The highest BCUT2D eigenvalue weighted by Gasteiger charge is 2.49. The molecule has 1 spiro atoms. The maximum absolute atomic E-state index is 11.0. The van der Waals surface area contributed by atoms with Gasteiger partial charge in [0.15, 0.2) is 5.69 Å². The van der Waals surface area contributed by atoms with Crippen molar-refractivity contribution in [3.05, 3.63) is 45.4 Å². The van der Waals surface area contributed by atoms with Crippen LogP contribution in [0.5, 0.6) is 5.75 Å². The van der Waals surface area contributed by atoms with Crippen LogP contribution in [0, 0.1) is 0 Å². The second kappa shape index (κ2) is 5.32. The third kappa shape index (κ3) is 2.62. The monoisotopic (exact) mass is 330 g/mol. The van der Waals surface area contributed by atoms with Crippen LogP contribution in [0.4, 0.5) is 0 Å². The van der Waals surface area contributed by atoms with E-state index in [0.29, 0.717) is 6.54 Å². The van der Waals surface area contributed by atoms with E-state index < -0.39 is 5.97 Å². The Morgan fingerprint density at radius 3 is 2.96 bits per heavy atom. The van der Waals surface area contributed by atoms with E-state index >= 15 is 0 Å². The van der Waals surface area contributed by atoms with Gasteiger partial charge >= 0.3 is 5.97 Å². The number of fused-ring (bicyclic) bond motifs is 2. The Kier molecular flexibility index (Phi) is 3.39. The highest BCUT2D eigenvalue weighted by atomic mass is 32.1. The van der Waals surface area contributed by atoms with E-state index in [1.165, 1.54) is 35.3 Å². The van der Waals surface area contributed by atoms with Crippen molar-refractivity contribution in [3.63, 3.8) is 0 Å². The van der Waals surface area contributed by atoms with Crippen molar-refractivity contribution >= 4 is 17.3 Å². The largest absolute Gasteiger partial charge is 0.497 e. The minimum absolute atomic E-state index is 0.147. The Hall–Kier alpha value is -1.92. The molecule has 5 nitrogen and oxygen atoms in total. The maximum Gasteiger partial charge on any atom is 0.355 e. The summed E-state index contributed by atoms with van der Waals surface area (Å²) in [6, 6.07) is 6.36. The van der Waals surface area contributed by atoms with Gasteiger partial charge in [-0.3, -0.25) is 4.90 Å². The van der Waals surface area contributed by atoms with Crippen molar-refractivity contribution in [1.82, 2.24) is 9.88 Å². The lowest BCUT2D eigenvalue weighted by molar-refractivity contribution is 0.0691. The molecule has 2 aliphatic rings. The Bertz CT molecular complexity index is 767. The molecular formula is C17H18N2O3S. The predicted molar refractivity (Wildman–Crippen MR) is 87.1 cm³/mol. The maximum atomic E-state index is 11.0. The highest BCUT2D eigenvalue weighted by molar-refractivity contribution is 7.09. The number of benzene rings is 1. The van der Waals surface area contributed by atoms with E-state index in [4.69, 9.17) is 9.84 Å². The topological polar surface area (TPSA) is 62.7 Å². The lowest BCUT2D eigenvalue weighted by atomic mass is 9.87. The number of aromatic carboxylic acids is 1. The van der Waals surface area contributed by atoms with Crippen molar-refractivity contribution in [1.29, 1.82) is 0 Å². The molecule has 1 aliphatic heterocycles. The summed E-state index contributed by atoms with van der Waals surface area (Å²) in [5.41, 5.74) is 3.19. The third-order valence-corrected chi connectivity index (χ3v) is 5.63. The average molecular weight is 330 g/mol. The first kappa shape index (κ1) is 14.7. The van der Waals surface area contributed by atoms with Gasteiger partial charge in [-0.05, 0) is 36.1 Å². The van der Waals surface area contributed by atoms with E-state index in [2.05, 4.69) is 22.0 Å². The normalized spacial score (nSPS) is 18.7. The molecule has 0 amide bonds. The molecule has 0 bridgehead atoms. The van der Waals surface area contributed by atoms with E-state index in [-0.39, 0.29) is 11.1 Å². The minimum Gasteiger partial charge on any atom is -0.497 e. The molecule has 0 atom stereocenters. The minimum atomic E-state index is -0.956. The molecule has 1 saturated carbocycles. The number of thiazole rings is 1. The van der Waals surface area contributed by atoms with E-state index in [1.54, 1.807) is 12.5 Å². The molecule has 1 N–H and O–H groups in total. The number of carboxylic acids is 1. The lowest BCUT2D eigenvalue weighted by Gasteiger charge is -2.34. The Morgan fingerprint density at radius 2 is 2.30 bits per heavy atom. The summed E-state index contributed by atoms with van der Waals surface area (Å²) in [6.07, 6.45) is 2.42. The smallest absolute Gasteiger partial charge is 0.355 e. The highest BCUT2D eigenvalue weighted by Crippen LogP contribution is 2.53. The molecule has 0 saturated heterocycles. The number of carbonyl (C=O) groups is 1. The number of hydrogen-bond acceptors (Lipinski definition) is 5. The Labute approximate surface area is 138 Å². The van der Waals surface area contributed by atoms with E-state index in [0.717, 1.165) is 23.8 Å². The molecule has 0 radical (unpaired) electrons. The molecule has 1 aromatic carbocycles. The van der Waals surface area contributed by atoms with Crippen LogP contribution in [0.2, 0.25) is 0 Å². The molecule has 2 aromatic rings. The zero-order valence-electron chi connectivity index (χ0n) is 12.9. The zero-order chi connectivity index (χ0) is 16.0. The van der Waals surface area contributed by atoms with Crippen LogP contribution in [-0.4, -0.2) is 34.6 Å². The molecule has 2 heterocycles.